The molecule has 7 heteroatoms. The van der Waals surface area contributed by atoms with Crippen LogP contribution < -0.4 is 11.1 Å². The summed E-state index contributed by atoms with van der Waals surface area (Å²) in [7, 11) is 0. The first-order valence-electron chi connectivity index (χ1n) is 12.0. The number of nitrogens with zero attached hydrogens (tertiary/aromatic N) is 2. The molecule has 2 aromatic carbocycles. The minimum atomic E-state index is -0.933. The Bertz CT molecular complexity index is 1120. The second kappa shape index (κ2) is 11.2. The molecule has 0 saturated heterocycles. The van der Waals surface area contributed by atoms with Crippen LogP contribution in [0.4, 0.5) is 0 Å². The van der Waals surface area contributed by atoms with Gasteiger partial charge in [0.1, 0.15) is 5.69 Å². The van der Waals surface area contributed by atoms with E-state index in [1.54, 1.807) is 6.07 Å². The van der Waals surface area contributed by atoms with Gasteiger partial charge in [0, 0.05) is 5.92 Å². The predicted molar refractivity (Wildman–Crippen MR) is 131 cm³/mol. The third-order valence-corrected chi connectivity index (χ3v) is 6.84. The Labute approximate surface area is 199 Å². The first-order chi connectivity index (χ1) is 16.5. The monoisotopic (exact) mass is 460 g/mol. The Balaban J connectivity index is 1.53. The van der Waals surface area contributed by atoms with Crippen LogP contribution in [0.25, 0.3) is 11.0 Å². The number of aromatic nitrogens is 2. The van der Waals surface area contributed by atoms with Crippen LogP contribution >= 0.6 is 0 Å². The van der Waals surface area contributed by atoms with Gasteiger partial charge in [-0.05, 0) is 49.3 Å². The maximum absolute atomic E-state index is 13.1. The molecule has 178 valence electrons. The highest BCUT2D eigenvalue weighted by atomic mass is 16.3. The van der Waals surface area contributed by atoms with E-state index in [0.29, 0.717) is 17.5 Å². The molecule has 0 bridgehead atoms. The second-order valence-electron chi connectivity index (χ2n) is 9.22. The summed E-state index contributed by atoms with van der Waals surface area (Å²) in [5.41, 5.74) is 8.25. The van der Waals surface area contributed by atoms with Crippen molar-refractivity contribution in [1.29, 1.82) is 0 Å². The van der Waals surface area contributed by atoms with E-state index in [9.17, 15) is 14.7 Å². The van der Waals surface area contributed by atoms with Crippen LogP contribution in [-0.2, 0) is 11.2 Å². The molecule has 3 atom stereocenters. The van der Waals surface area contributed by atoms with Crippen LogP contribution in [0, 0.1) is 11.8 Å². The zero-order valence-electron chi connectivity index (χ0n) is 19.3. The highest BCUT2D eigenvalue weighted by molar-refractivity contribution is 5.94. The molecule has 0 unspecified atom stereocenters. The minimum absolute atomic E-state index is 0.181. The number of nitrogens with one attached hydrogen (secondary N) is 1. The van der Waals surface area contributed by atoms with E-state index in [1.165, 1.54) is 12.6 Å². The summed E-state index contributed by atoms with van der Waals surface area (Å²) < 4.78 is 0. The Kier molecular flexibility index (Phi) is 7.85. The smallest absolute Gasteiger partial charge is 0.271 e. The number of rotatable bonds is 9. The van der Waals surface area contributed by atoms with Crippen molar-refractivity contribution >= 4 is 22.8 Å². The summed E-state index contributed by atoms with van der Waals surface area (Å²) in [6.45, 7) is 0. The van der Waals surface area contributed by atoms with Gasteiger partial charge in [-0.1, -0.05) is 61.7 Å². The molecule has 0 radical (unpaired) electrons. The molecule has 4 rings (SSSR count). The molecule has 1 aliphatic carbocycles. The lowest BCUT2D eigenvalue weighted by Crippen LogP contribution is -2.47. The Morgan fingerprint density at radius 3 is 2.38 bits per heavy atom. The van der Waals surface area contributed by atoms with Crippen molar-refractivity contribution in [1.82, 2.24) is 15.3 Å². The largest absolute Gasteiger partial charge is 0.391 e. The van der Waals surface area contributed by atoms with Gasteiger partial charge in [-0.3, -0.25) is 14.6 Å². The standard InChI is InChI=1S/C27H32N4O3/c28-26(33)20(19-11-5-2-6-12-19)16-25(32)23(15-18-9-3-1-4-10-18)31-27(34)24-17-29-21-13-7-8-14-22(21)30-24/h1,3-4,7-10,13-14,17,19-20,23,25,32H,2,5-6,11-12,15-16H2,(H2,28,33)(H,31,34)/t20-,23-,25-/m0/s1. The highest BCUT2D eigenvalue weighted by Crippen LogP contribution is 2.33. The molecule has 2 amide bonds. The molecular weight excluding hydrogens is 428 g/mol. The molecule has 1 fully saturated rings. The molecule has 7 nitrogen and oxygen atoms in total. The van der Waals surface area contributed by atoms with E-state index in [2.05, 4.69) is 15.3 Å². The number of primary amides is 1. The van der Waals surface area contributed by atoms with Crippen molar-refractivity contribution in [3.05, 3.63) is 72.1 Å². The first-order valence-corrected chi connectivity index (χ1v) is 12.0. The van der Waals surface area contributed by atoms with Crippen molar-refractivity contribution in [3.63, 3.8) is 0 Å². The van der Waals surface area contributed by atoms with Crippen molar-refractivity contribution in [2.24, 2.45) is 17.6 Å². The summed E-state index contributed by atoms with van der Waals surface area (Å²) in [6.07, 6.45) is 6.38. The number of carbonyl (C=O) groups excluding carboxylic acids is 2. The van der Waals surface area contributed by atoms with Crippen LogP contribution in [-0.4, -0.2) is 39.0 Å². The number of aliphatic hydroxyl groups excluding tert-OH is 1. The van der Waals surface area contributed by atoms with Gasteiger partial charge in [-0.25, -0.2) is 4.98 Å². The minimum Gasteiger partial charge on any atom is -0.391 e. The molecule has 3 aromatic rings. The van der Waals surface area contributed by atoms with Gasteiger partial charge in [-0.2, -0.15) is 0 Å². The van der Waals surface area contributed by atoms with E-state index in [-0.39, 0.29) is 23.9 Å². The van der Waals surface area contributed by atoms with Gasteiger partial charge < -0.3 is 16.2 Å². The fourth-order valence-electron chi connectivity index (χ4n) is 4.96. The Morgan fingerprint density at radius 1 is 1.00 bits per heavy atom. The van der Waals surface area contributed by atoms with Crippen LogP contribution in [0.15, 0.2) is 60.8 Å². The Morgan fingerprint density at radius 2 is 1.68 bits per heavy atom. The number of benzene rings is 2. The van der Waals surface area contributed by atoms with E-state index in [0.717, 1.165) is 31.2 Å². The lowest BCUT2D eigenvalue weighted by molar-refractivity contribution is -0.125. The summed E-state index contributed by atoms with van der Waals surface area (Å²) >= 11 is 0. The second-order valence-corrected chi connectivity index (χ2v) is 9.22. The third kappa shape index (κ3) is 5.97. The highest BCUT2D eigenvalue weighted by Gasteiger charge is 2.33. The molecule has 1 saturated carbocycles. The topological polar surface area (TPSA) is 118 Å². The zero-order chi connectivity index (χ0) is 23.9. The maximum Gasteiger partial charge on any atom is 0.271 e. The number of para-hydroxylation sites is 2. The fourth-order valence-corrected chi connectivity index (χ4v) is 4.96. The number of fused-ring (bicyclic) bond motifs is 1. The van der Waals surface area contributed by atoms with Crippen molar-refractivity contribution in [3.8, 4) is 0 Å². The van der Waals surface area contributed by atoms with E-state index in [1.807, 2.05) is 48.5 Å². The van der Waals surface area contributed by atoms with Gasteiger partial charge in [0.05, 0.1) is 29.4 Å². The molecule has 1 aliphatic rings. The third-order valence-electron chi connectivity index (χ3n) is 6.84. The van der Waals surface area contributed by atoms with Crippen molar-refractivity contribution < 1.29 is 14.7 Å². The molecule has 0 spiro atoms. The summed E-state index contributed by atoms with van der Waals surface area (Å²) in [6, 6.07) is 16.4. The number of amides is 2. The lowest BCUT2D eigenvalue weighted by atomic mass is 9.76. The number of nitrogens with two attached hydrogens (primary N) is 1. The normalized spacial score (nSPS) is 17.1. The van der Waals surface area contributed by atoms with E-state index >= 15 is 0 Å². The molecule has 4 N–H and O–H groups in total. The molecular formula is C27H32N4O3. The fraction of sp³-hybridized carbons (Fsp3) is 0.407. The van der Waals surface area contributed by atoms with Crippen LogP contribution in [0.1, 0.15) is 54.6 Å². The van der Waals surface area contributed by atoms with Gasteiger partial charge in [-0.15, -0.1) is 0 Å². The summed E-state index contributed by atoms with van der Waals surface area (Å²) in [4.78, 5) is 34.1. The van der Waals surface area contributed by atoms with Gasteiger partial charge in [0.2, 0.25) is 5.91 Å². The Hall–Kier alpha value is -3.32. The average Bonchev–Trinajstić information content (AvgIpc) is 2.87. The van der Waals surface area contributed by atoms with Crippen LogP contribution in [0.2, 0.25) is 0 Å². The van der Waals surface area contributed by atoms with Gasteiger partial charge in [0.15, 0.2) is 0 Å². The molecule has 34 heavy (non-hydrogen) atoms. The summed E-state index contributed by atoms with van der Waals surface area (Å²) in [5, 5.41) is 14.2. The molecule has 0 aliphatic heterocycles. The van der Waals surface area contributed by atoms with Crippen LogP contribution in [0.3, 0.4) is 0 Å². The average molecular weight is 461 g/mol. The van der Waals surface area contributed by atoms with Gasteiger partial charge >= 0.3 is 0 Å². The van der Waals surface area contributed by atoms with Crippen molar-refractivity contribution in [2.45, 2.75) is 57.1 Å². The van der Waals surface area contributed by atoms with E-state index < -0.39 is 24.0 Å². The van der Waals surface area contributed by atoms with Gasteiger partial charge in [0.25, 0.3) is 5.91 Å². The maximum atomic E-state index is 13.1. The zero-order valence-corrected chi connectivity index (χ0v) is 19.3. The molecule has 1 aromatic heterocycles. The SMILES string of the molecule is NC(=O)[C@@H](C[C@H](O)[C@H](Cc1ccccc1)NC(=O)c1cnc2ccccc2n1)C1CCCCC1. The quantitative estimate of drug-likeness (QED) is 0.452. The number of hydrogen-bond acceptors (Lipinski definition) is 5. The predicted octanol–water partition coefficient (Wildman–Crippen LogP) is 3.40. The lowest BCUT2D eigenvalue weighted by Gasteiger charge is -2.32. The van der Waals surface area contributed by atoms with E-state index in [4.69, 9.17) is 5.73 Å². The number of carbonyl (C=O) groups is 2. The first kappa shape index (κ1) is 23.8. The van der Waals surface area contributed by atoms with Crippen LogP contribution in [0.5, 0.6) is 0 Å². The summed E-state index contributed by atoms with van der Waals surface area (Å²) in [5.74, 6) is -1.02. The number of aliphatic hydroxyl groups is 1. The molecule has 1 heterocycles. The number of hydrogen-bond donors (Lipinski definition) is 3. The van der Waals surface area contributed by atoms with Crippen molar-refractivity contribution in [2.75, 3.05) is 0 Å².